The molecule has 0 saturated heterocycles. The third-order valence-electron chi connectivity index (χ3n) is 4.57. The van der Waals surface area contributed by atoms with E-state index >= 15 is 0 Å². The van der Waals surface area contributed by atoms with Crippen molar-refractivity contribution in [3.05, 3.63) is 68.8 Å². The van der Waals surface area contributed by atoms with Crippen molar-refractivity contribution in [2.75, 3.05) is 6.79 Å². The Balaban J connectivity index is 1.72. The third kappa shape index (κ3) is 4.43. The second-order valence-corrected chi connectivity index (χ2v) is 6.60. The first-order chi connectivity index (χ1) is 13.8. The van der Waals surface area contributed by atoms with Crippen LogP contribution in [0.1, 0.15) is 34.0 Å². The molecule has 0 aliphatic carbocycles. The van der Waals surface area contributed by atoms with Gasteiger partial charge < -0.3 is 14.2 Å². The van der Waals surface area contributed by atoms with Crippen molar-refractivity contribution in [2.24, 2.45) is 0 Å². The van der Waals surface area contributed by atoms with Gasteiger partial charge in [-0.25, -0.2) is 4.79 Å². The fourth-order valence-electron chi connectivity index (χ4n) is 2.79. The van der Waals surface area contributed by atoms with Gasteiger partial charge >= 0.3 is 5.97 Å². The standard InChI is InChI=1S/C21H19NO7/c1-12-4-5-16(8-13(12)2)21(24)14(3)29-20(23)7-6-15-9-18-19(28-11-27-18)10-17(15)22(25)26/h4-10,14H,11H2,1-3H3/b7-6+/t14-/m1/s1. The molecular weight excluding hydrogens is 378 g/mol. The van der Waals surface area contributed by atoms with Gasteiger partial charge in [0.2, 0.25) is 12.6 Å². The molecule has 0 radical (unpaired) electrons. The maximum absolute atomic E-state index is 12.5. The number of nitro groups is 1. The van der Waals surface area contributed by atoms with Crippen molar-refractivity contribution in [3.63, 3.8) is 0 Å². The molecule has 1 aliphatic heterocycles. The first-order valence-electron chi connectivity index (χ1n) is 8.84. The summed E-state index contributed by atoms with van der Waals surface area (Å²) in [6, 6.07) is 7.90. The Hall–Kier alpha value is -3.68. The highest BCUT2D eigenvalue weighted by Crippen LogP contribution is 2.38. The Kier molecular flexibility index (Phi) is 5.63. The van der Waals surface area contributed by atoms with Gasteiger partial charge in [0.15, 0.2) is 17.6 Å². The average molecular weight is 397 g/mol. The van der Waals surface area contributed by atoms with E-state index in [1.807, 2.05) is 19.9 Å². The van der Waals surface area contributed by atoms with Crippen molar-refractivity contribution in [2.45, 2.75) is 26.9 Å². The Morgan fingerprint density at radius 1 is 1.14 bits per heavy atom. The van der Waals surface area contributed by atoms with Gasteiger partial charge in [0.25, 0.3) is 5.69 Å². The molecule has 0 saturated carbocycles. The van der Waals surface area contributed by atoms with E-state index in [-0.39, 0.29) is 29.6 Å². The summed E-state index contributed by atoms with van der Waals surface area (Å²) in [6.07, 6.45) is 1.28. The van der Waals surface area contributed by atoms with Crippen molar-refractivity contribution in [3.8, 4) is 11.5 Å². The molecule has 2 aromatic carbocycles. The van der Waals surface area contributed by atoms with Crippen LogP contribution in [0.4, 0.5) is 5.69 Å². The fourth-order valence-corrected chi connectivity index (χ4v) is 2.79. The quantitative estimate of drug-likeness (QED) is 0.240. The van der Waals surface area contributed by atoms with Crippen LogP contribution >= 0.6 is 0 Å². The maximum Gasteiger partial charge on any atom is 0.331 e. The van der Waals surface area contributed by atoms with Crippen LogP contribution in [-0.4, -0.2) is 29.6 Å². The minimum atomic E-state index is -0.999. The van der Waals surface area contributed by atoms with Crippen molar-refractivity contribution in [1.82, 2.24) is 0 Å². The number of aryl methyl sites for hydroxylation is 2. The lowest BCUT2D eigenvalue weighted by atomic mass is 10.0. The number of nitrogens with zero attached hydrogens (tertiary/aromatic N) is 1. The number of rotatable bonds is 6. The molecule has 150 valence electrons. The summed E-state index contributed by atoms with van der Waals surface area (Å²) in [6.45, 7) is 5.28. The van der Waals surface area contributed by atoms with Gasteiger partial charge in [-0.2, -0.15) is 0 Å². The number of benzene rings is 2. The molecule has 2 aromatic rings. The minimum absolute atomic E-state index is 0.0280. The number of carbonyl (C=O) groups excluding carboxylic acids is 2. The Labute approximate surface area is 166 Å². The first kappa shape index (κ1) is 20.1. The van der Waals surface area contributed by atoms with Crippen LogP contribution in [0.3, 0.4) is 0 Å². The van der Waals surface area contributed by atoms with Crippen molar-refractivity contribution in [1.29, 1.82) is 0 Å². The van der Waals surface area contributed by atoms with Crippen LogP contribution in [0.25, 0.3) is 6.08 Å². The summed E-state index contributed by atoms with van der Waals surface area (Å²) >= 11 is 0. The number of Topliss-reactive ketones (excluding diaryl/α,β-unsaturated/α-hetero) is 1. The van der Waals surface area contributed by atoms with E-state index in [4.69, 9.17) is 14.2 Å². The lowest BCUT2D eigenvalue weighted by Crippen LogP contribution is -2.23. The average Bonchev–Trinajstić information content (AvgIpc) is 3.14. The van der Waals surface area contributed by atoms with Crippen LogP contribution in [0.15, 0.2) is 36.4 Å². The molecule has 1 heterocycles. The Morgan fingerprint density at radius 2 is 1.83 bits per heavy atom. The first-order valence-corrected chi connectivity index (χ1v) is 8.84. The molecule has 1 atom stereocenters. The van der Waals surface area contributed by atoms with E-state index in [0.717, 1.165) is 17.2 Å². The zero-order chi connectivity index (χ0) is 21.1. The molecule has 0 fully saturated rings. The second-order valence-electron chi connectivity index (χ2n) is 6.60. The number of carbonyl (C=O) groups is 2. The summed E-state index contributed by atoms with van der Waals surface area (Å²) in [5.74, 6) is -0.503. The molecule has 0 aromatic heterocycles. The number of hydrogen-bond donors (Lipinski definition) is 0. The highest BCUT2D eigenvalue weighted by molar-refractivity contribution is 6.01. The lowest BCUT2D eigenvalue weighted by molar-refractivity contribution is -0.385. The molecule has 3 rings (SSSR count). The molecule has 0 unspecified atom stereocenters. The highest BCUT2D eigenvalue weighted by Gasteiger charge is 2.23. The minimum Gasteiger partial charge on any atom is -0.454 e. The van der Waals surface area contributed by atoms with E-state index in [9.17, 15) is 19.7 Å². The topological polar surface area (TPSA) is 105 Å². The number of ketones is 1. The van der Waals surface area contributed by atoms with Gasteiger partial charge in [0.05, 0.1) is 16.6 Å². The highest BCUT2D eigenvalue weighted by atomic mass is 16.7. The SMILES string of the molecule is Cc1ccc(C(=O)[C@@H](C)OC(=O)/C=C/c2cc3c(cc2[N+](=O)[O-])OCO3)cc1C. The summed E-state index contributed by atoms with van der Waals surface area (Å²) < 4.78 is 15.5. The molecule has 0 N–H and O–H groups in total. The second kappa shape index (κ2) is 8.14. The van der Waals surface area contributed by atoms with E-state index in [1.54, 1.807) is 12.1 Å². The van der Waals surface area contributed by atoms with Gasteiger partial charge in [-0.05, 0) is 50.1 Å². The molecule has 8 nitrogen and oxygen atoms in total. The number of ether oxygens (including phenoxy) is 3. The monoisotopic (exact) mass is 397 g/mol. The number of hydrogen-bond acceptors (Lipinski definition) is 7. The molecule has 1 aliphatic rings. The van der Waals surface area contributed by atoms with Crippen LogP contribution in [0.5, 0.6) is 11.5 Å². The predicted molar refractivity (Wildman–Crippen MR) is 104 cm³/mol. The fraction of sp³-hybridized carbons (Fsp3) is 0.238. The molecular formula is C21H19NO7. The maximum atomic E-state index is 12.5. The molecule has 0 spiro atoms. The van der Waals surface area contributed by atoms with Crippen LogP contribution in [0, 0.1) is 24.0 Å². The zero-order valence-electron chi connectivity index (χ0n) is 16.1. The lowest BCUT2D eigenvalue weighted by Gasteiger charge is -2.12. The number of esters is 1. The summed E-state index contributed by atoms with van der Waals surface area (Å²) in [5.41, 5.74) is 2.38. The third-order valence-corrected chi connectivity index (χ3v) is 4.57. The van der Waals surface area contributed by atoms with E-state index in [2.05, 4.69) is 0 Å². The smallest absolute Gasteiger partial charge is 0.331 e. The van der Waals surface area contributed by atoms with Crippen LogP contribution < -0.4 is 9.47 Å². The Bertz CT molecular complexity index is 1030. The number of nitro benzene ring substituents is 1. The molecule has 0 bridgehead atoms. The van der Waals surface area contributed by atoms with Gasteiger partial charge in [0, 0.05) is 11.6 Å². The zero-order valence-corrected chi connectivity index (χ0v) is 16.1. The van der Waals surface area contributed by atoms with Crippen LogP contribution in [-0.2, 0) is 9.53 Å². The summed E-state index contributed by atoms with van der Waals surface area (Å²) in [4.78, 5) is 35.3. The number of fused-ring (bicyclic) bond motifs is 1. The predicted octanol–water partition coefficient (Wildman–Crippen LogP) is 3.77. The largest absolute Gasteiger partial charge is 0.454 e. The Morgan fingerprint density at radius 3 is 2.48 bits per heavy atom. The van der Waals surface area contributed by atoms with Gasteiger partial charge in [0.1, 0.15) is 0 Å². The van der Waals surface area contributed by atoms with Crippen molar-refractivity contribution < 1.29 is 28.7 Å². The summed E-state index contributed by atoms with van der Waals surface area (Å²) in [7, 11) is 0. The van der Waals surface area contributed by atoms with Crippen molar-refractivity contribution >= 4 is 23.5 Å². The van der Waals surface area contributed by atoms with E-state index in [0.29, 0.717) is 11.3 Å². The van der Waals surface area contributed by atoms with Crippen LogP contribution in [0.2, 0.25) is 0 Å². The van der Waals surface area contributed by atoms with Gasteiger partial charge in [-0.15, -0.1) is 0 Å². The summed E-state index contributed by atoms with van der Waals surface area (Å²) in [5, 5.41) is 11.3. The van der Waals surface area contributed by atoms with E-state index < -0.39 is 17.0 Å². The normalized spacial score (nSPS) is 13.3. The van der Waals surface area contributed by atoms with Gasteiger partial charge in [-0.1, -0.05) is 12.1 Å². The molecule has 29 heavy (non-hydrogen) atoms. The van der Waals surface area contributed by atoms with E-state index in [1.165, 1.54) is 25.1 Å². The molecule has 8 heteroatoms. The molecule has 0 amide bonds. The van der Waals surface area contributed by atoms with Gasteiger partial charge in [-0.3, -0.25) is 14.9 Å².